The zero-order valence-electron chi connectivity index (χ0n) is 12.1. The lowest BCUT2D eigenvalue weighted by Gasteiger charge is -2.28. The van der Waals surface area contributed by atoms with Gasteiger partial charge in [-0.05, 0) is 24.6 Å². The van der Waals surface area contributed by atoms with Crippen molar-refractivity contribution in [3.05, 3.63) is 66.2 Å². The molecule has 2 aromatic rings. The van der Waals surface area contributed by atoms with Gasteiger partial charge in [0.1, 0.15) is 5.75 Å². The molecule has 0 aliphatic rings. The predicted molar refractivity (Wildman–Crippen MR) is 79.2 cm³/mol. The first-order valence-electron chi connectivity index (χ1n) is 6.64. The minimum absolute atomic E-state index is 0.237. The summed E-state index contributed by atoms with van der Waals surface area (Å²) in [7, 11) is 1.56. The molecule has 0 amide bonds. The molecule has 0 heterocycles. The van der Waals surface area contributed by atoms with Gasteiger partial charge in [0.2, 0.25) is 0 Å². The van der Waals surface area contributed by atoms with E-state index in [1.54, 1.807) is 38.3 Å². The molecule has 0 aromatic heterocycles. The molecule has 0 bridgehead atoms. The average Bonchev–Trinajstić information content (AvgIpc) is 2.49. The summed E-state index contributed by atoms with van der Waals surface area (Å²) in [5.74, 6) is 0.440. The van der Waals surface area contributed by atoms with E-state index < -0.39 is 11.8 Å². The van der Waals surface area contributed by atoms with Crippen LogP contribution >= 0.6 is 0 Å². The number of carbonyl (C=O) groups excluding carboxylic acids is 1. The second-order valence-corrected chi connectivity index (χ2v) is 4.80. The van der Waals surface area contributed by atoms with E-state index in [1.807, 2.05) is 36.4 Å². The Labute approximate surface area is 124 Å². The van der Waals surface area contributed by atoms with Crippen LogP contribution in [-0.4, -0.2) is 19.9 Å². The molecule has 1 unspecified atom stereocenters. The molecule has 0 aliphatic carbocycles. The number of para-hydroxylation sites is 1. The lowest BCUT2D eigenvalue weighted by Crippen LogP contribution is -2.35. The normalized spacial score (nSPS) is 13.2. The van der Waals surface area contributed by atoms with Crippen molar-refractivity contribution < 1.29 is 19.0 Å². The van der Waals surface area contributed by atoms with E-state index in [4.69, 9.17) is 14.2 Å². The monoisotopic (exact) mass is 286 g/mol. The molecule has 0 aliphatic heterocycles. The summed E-state index contributed by atoms with van der Waals surface area (Å²) in [4.78, 5) is 12.0. The molecule has 0 N–H and O–H groups in total. The van der Waals surface area contributed by atoms with Crippen LogP contribution in [0.25, 0.3) is 0 Å². The van der Waals surface area contributed by atoms with Crippen LogP contribution in [0.4, 0.5) is 4.79 Å². The molecule has 4 nitrogen and oxygen atoms in total. The van der Waals surface area contributed by atoms with Gasteiger partial charge in [-0.3, -0.25) is 0 Å². The highest BCUT2D eigenvalue weighted by Gasteiger charge is 2.32. The Bertz CT molecular complexity index is 568. The standard InChI is InChI=1S/C17H18O4/c1-17(13-19-2,14-9-5-3-6-10-14)21-16(18)20-15-11-7-4-8-12-15/h3-12H,13H2,1-2H3. The number of ether oxygens (including phenoxy) is 3. The second-order valence-electron chi connectivity index (χ2n) is 4.80. The third-order valence-corrected chi connectivity index (χ3v) is 3.06. The Morgan fingerprint density at radius 3 is 2.14 bits per heavy atom. The van der Waals surface area contributed by atoms with Gasteiger partial charge < -0.3 is 14.2 Å². The average molecular weight is 286 g/mol. The molecule has 110 valence electrons. The van der Waals surface area contributed by atoms with Gasteiger partial charge in [-0.1, -0.05) is 48.5 Å². The lowest BCUT2D eigenvalue weighted by atomic mass is 9.97. The highest BCUT2D eigenvalue weighted by molar-refractivity contribution is 5.64. The third kappa shape index (κ3) is 4.07. The van der Waals surface area contributed by atoms with Gasteiger partial charge in [0, 0.05) is 7.11 Å². The fourth-order valence-corrected chi connectivity index (χ4v) is 2.03. The topological polar surface area (TPSA) is 44.8 Å². The summed E-state index contributed by atoms with van der Waals surface area (Å²) < 4.78 is 15.8. The zero-order chi connectivity index (χ0) is 15.1. The van der Waals surface area contributed by atoms with Crippen molar-refractivity contribution in [3.63, 3.8) is 0 Å². The Morgan fingerprint density at radius 2 is 1.57 bits per heavy atom. The van der Waals surface area contributed by atoms with Crippen molar-refractivity contribution >= 4 is 6.16 Å². The van der Waals surface area contributed by atoms with E-state index in [2.05, 4.69) is 0 Å². The summed E-state index contributed by atoms with van der Waals surface area (Å²) in [5.41, 5.74) is -0.0566. The maximum absolute atomic E-state index is 12.0. The van der Waals surface area contributed by atoms with Crippen molar-refractivity contribution in [2.75, 3.05) is 13.7 Å². The number of rotatable bonds is 5. The molecule has 4 heteroatoms. The van der Waals surface area contributed by atoms with Crippen LogP contribution in [0, 0.1) is 0 Å². The molecule has 0 radical (unpaired) electrons. The summed E-state index contributed by atoms with van der Waals surface area (Å²) in [6, 6.07) is 18.2. The Balaban J connectivity index is 2.11. The van der Waals surface area contributed by atoms with Gasteiger partial charge in [-0.2, -0.15) is 0 Å². The fraction of sp³-hybridized carbons (Fsp3) is 0.235. The summed E-state index contributed by atoms with van der Waals surface area (Å²) in [6.07, 6.45) is -0.760. The van der Waals surface area contributed by atoms with Gasteiger partial charge in [0.25, 0.3) is 0 Å². The van der Waals surface area contributed by atoms with Crippen LogP contribution in [0.5, 0.6) is 5.75 Å². The first-order valence-corrected chi connectivity index (χ1v) is 6.64. The first-order chi connectivity index (χ1) is 10.1. The van der Waals surface area contributed by atoms with Gasteiger partial charge in [-0.25, -0.2) is 4.79 Å². The van der Waals surface area contributed by atoms with Crippen molar-refractivity contribution in [2.24, 2.45) is 0 Å². The molecule has 1 atom stereocenters. The van der Waals surface area contributed by atoms with E-state index in [-0.39, 0.29) is 6.61 Å². The SMILES string of the molecule is COCC(C)(OC(=O)Oc1ccccc1)c1ccccc1. The van der Waals surface area contributed by atoms with Gasteiger partial charge in [-0.15, -0.1) is 0 Å². The van der Waals surface area contributed by atoms with Gasteiger partial charge >= 0.3 is 6.16 Å². The third-order valence-electron chi connectivity index (χ3n) is 3.06. The Hall–Kier alpha value is -2.33. The number of benzene rings is 2. The molecule has 21 heavy (non-hydrogen) atoms. The highest BCUT2D eigenvalue weighted by atomic mass is 16.7. The van der Waals surface area contributed by atoms with E-state index in [0.29, 0.717) is 5.75 Å². The Morgan fingerprint density at radius 1 is 1.00 bits per heavy atom. The maximum atomic E-state index is 12.0. The molecule has 0 saturated heterocycles. The molecule has 0 spiro atoms. The van der Waals surface area contributed by atoms with E-state index in [9.17, 15) is 4.79 Å². The van der Waals surface area contributed by atoms with Crippen LogP contribution < -0.4 is 4.74 Å². The fourth-order valence-electron chi connectivity index (χ4n) is 2.03. The van der Waals surface area contributed by atoms with Crippen LogP contribution in [0.3, 0.4) is 0 Å². The first kappa shape index (κ1) is 15.1. The van der Waals surface area contributed by atoms with Crippen LogP contribution in [0.15, 0.2) is 60.7 Å². The number of hydrogen-bond donors (Lipinski definition) is 0. The number of methoxy groups -OCH3 is 1. The van der Waals surface area contributed by atoms with Crippen molar-refractivity contribution in [3.8, 4) is 5.75 Å². The Kier molecular flexibility index (Phi) is 4.95. The van der Waals surface area contributed by atoms with Crippen LogP contribution in [0.2, 0.25) is 0 Å². The van der Waals surface area contributed by atoms with E-state index in [1.165, 1.54) is 0 Å². The largest absolute Gasteiger partial charge is 0.514 e. The molecule has 2 rings (SSSR count). The predicted octanol–water partition coefficient (Wildman–Crippen LogP) is 3.76. The second kappa shape index (κ2) is 6.90. The van der Waals surface area contributed by atoms with Gasteiger partial charge in [0.15, 0.2) is 5.60 Å². The molecular formula is C17H18O4. The highest BCUT2D eigenvalue weighted by Crippen LogP contribution is 2.26. The zero-order valence-corrected chi connectivity index (χ0v) is 12.1. The number of hydrogen-bond acceptors (Lipinski definition) is 4. The summed E-state index contributed by atoms with van der Waals surface area (Å²) in [6.45, 7) is 2.03. The van der Waals surface area contributed by atoms with Crippen LogP contribution in [-0.2, 0) is 15.1 Å². The quantitative estimate of drug-likeness (QED) is 0.620. The molecule has 0 fully saturated rings. The maximum Gasteiger partial charge on any atom is 0.514 e. The van der Waals surface area contributed by atoms with Crippen molar-refractivity contribution in [2.45, 2.75) is 12.5 Å². The van der Waals surface area contributed by atoms with E-state index >= 15 is 0 Å². The molecule has 2 aromatic carbocycles. The van der Waals surface area contributed by atoms with Crippen molar-refractivity contribution in [1.29, 1.82) is 0 Å². The molecule has 0 saturated carbocycles. The van der Waals surface area contributed by atoms with Gasteiger partial charge in [0.05, 0.1) is 6.61 Å². The smallest absolute Gasteiger partial charge is 0.420 e. The minimum atomic E-state index is -0.901. The van der Waals surface area contributed by atoms with Crippen molar-refractivity contribution in [1.82, 2.24) is 0 Å². The number of carbonyl (C=O) groups is 1. The summed E-state index contributed by atoms with van der Waals surface area (Å²) in [5, 5.41) is 0. The van der Waals surface area contributed by atoms with E-state index in [0.717, 1.165) is 5.56 Å². The lowest BCUT2D eigenvalue weighted by molar-refractivity contribution is -0.0519. The minimum Gasteiger partial charge on any atom is -0.420 e. The summed E-state index contributed by atoms with van der Waals surface area (Å²) >= 11 is 0. The van der Waals surface area contributed by atoms with Crippen LogP contribution in [0.1, 0.15) is 12.5 Å². The molecular weight excluding hydrogens is 268 g/mol.